The molecule has 32 heavy (non-hydrogen) atoms. The summed E-state index contributed by atoms with van der Waals surface area (Å²) in [6.07, 6.45) is 2.23. The van der Waals surface area contributed by atoms with E-state index >= 15 is 0 Å². The number of piperazine rings is 1. The Morgan fingerprint density at radius 1 is 0.781 bits per heavy atom. The quantitative estimate of drug-likeness (QED) is 0.613. The summed E-state index contributed by atoms with van der Waals surface area (Å²) < 4.78 is 0. The zero-order valence-electron chi connectivity index (χ0n) is 18.3. The summed E-state index contributed by atoms with van der Waals surface area (Å²) in [6.45, 7) is 5.15. The van der Waals surface area contributed by atoms with Crippen LogP contribution >= 0.6 is 23.4 Å². The number of carbonyl (C=O) groups is 2. The van der Waals surface area contributed by atoms with E-state index in [0.29, 0.717) is 30.4 Å². The van der Waals surface area contributed by atoms with Crippen molar-refractivity contribution in [2.45, 2.75) is 18.1 Å². The highest BCUT2D eigenvalue weighted by molar-refractivity contribution is 8.00. The minimum atomic E-state index is 0.0804. The molecule has 1 unspecified atom stereocenters. The summed E-state index contributed by atoms with van der Waals surface area (Å²) in [7, 11) is 0. The first kappa shape index (κ1) is 23.1. The molecular weight excluding hydrogens is 442 g/mol. The van der Waals surface area contributed by atoms with Gasteiger partial charge < -0.3 is 9.80 Å². The molecule has 2 aromatic rings. The highest BCUT2D eigenvalue weighted by Crippen LogP contribution is 2.36. The molecule has 2 heterocycles. The van der Waals surface area contributed by atoms with Crippen LogP contribution in [0.4, 0.5) is 0 Å². The van der Waals surface area contributed by atoms with E-state index in [9.17, 15) is 9.59 Å². The number of carbonyl (C=O) groups excluding carboxylic acids is 2. The molecule has 0 bridgehead atoms. The van der Waals surface area contributed by atoms with Crippen molar-refractivity contribution in [1.29, 1.82) is 0 Å². The SMILES string of the molecule is O=C(CSC(c1ccccc1)c1ccc(Cl)cc1)N1CCN(CC(=O)N2CCCC2)CC1. The van der Waals surface area contributed by atoms with Gasteiger partial charge in [-0.3, -0.25) is 14.5 Å². The fraction of sp³-hybridized carbons (Fsp3) is 0.440. The van der Waals surface area contributed by atoms with Gasteiger partial charge in [0.15, 0.2) is 0 Å². The molecule has 2 amide bonds. The largest absolute Gasteiger partial charge is 0.342 e. The Labute approximate surface area is 199 Å². The average Bonchev–Trinajstić information content (AvgIpc) is 3.37. The fourth-order valence-corrected chi connectivity index (χ4v) is 5.63. The molecule has 4 rings (SSSR count). The monoisotopic (exact) mass is 471 g/mol. The van der Waals surface area contributed by atoms with Gasteiger partial charge in [0.25, 0.3) is 0 Å². The summed E-state index contributed by atoms with van der Waals surface area (Å²) in [5.41, 5.74) is 2.32. The Balaban J connectivity index is 1.30. The Bertz CT molecular complexity index is 895. The summed E-state index contributed by atoms with van der Waals surface area (Å²) in [5.74, 6) is 0.816. The van der Waals surface area contributed by atoms with E-state index < -0.39 is 0 Å². The number of nitrogens with zero attached hydrogens (tertiary/aromatic N) is 3. The van der Waals surface area contributed by atoms with Gasteiger partial charge in [0.1, 0.15) is 0 Å². The Kier molecular flexibility index (Phi) is 8.11. The molecule has 0 N–H and O–H groups in total. The third kappa shape index (κ3) is 6.06. The van der Waals surface area contributed by atoms with Gasteiger partial charge in [0.05, 0.1) is 17.5 Å². The number of hydrogen-bond donors (Lipinski definition) is 0. The number of halogens is 1. The maximum atomic E-state index is 12.9. The van der Waals surface area contributed by atoms with Crippen LogP contribution in [-0.4, -0.2) is 78.1 Å². The van der Waals surface area contributed by atoms with E-state index in [1.165, 1.54) is 5.56 Å². The van der Waals surface area contributed by atoms with Crippen LogP contribution in [0.5, 0.6) is 0 Å². The Morgan fingerprint density at radius 3 is 2.03 bits per heavy atom. The Morgan fingerprint density at radius 2 is 1.38 bits per heavy atom. The van der Waals surface area contributed by atoms with E-state index in [1.807, 2.05) is 52.3 Å². The lowest BCUT2D eigenvalue weighted by molar-refractivity contribution is -0.133. The van der Waals surface area contributed by atoms with E-state index in [1.54, 1.807) is 11.8 Å². The number of rotatable bonds is 7. The molecule has 2 aromatic carbocycles. The zero-order valence-corrected chi connectivity index (χ0v) is 19.9. The predicted octanol–water partition coefficient (Wildman–Crippen LogP) is 3.93. The highest BCUT2D eigenvalue weighted by Gasteiger charge is 2.26. The van der Waals surface area contributed by atoms with Gasteiger partial charge >= 0.3 is 0 Å². The van der Waals surface area contributed by atoms with Crippen molar-refractivity contribution in [3.05, 3.63) is 70.7 Å². The maximum absolute atomic E-state index is 12.9. The van der Waals surface area contributed by atoms with Gasteiger partial charge in [-0.1, -0.05) is 54.1 Å². The van der Waals surface area contributed by atoms with Crippen molar-refractivity contribution in [3.63, 3.8) is 0 Å². The lowest BCUT2D eigenvalue weighted by Crippen LogP contribution is -2.51. The van der Waals surface area contributed by atoms with Gasteiger partial charge in [-0.15, -0.1) is 11.8 Å². The highest BCUT2D eigenvalue weighted by atomic mass is 35.5. The van der Waals surface area contributed by atoms with Gasteiger partial charge in [0.2, 0.25) is 11.8 Å². The summed E-state index contributed by atoms with van der Waals surface area (Å²) in [5, 5.41) is 0.791. The molecule has 0 spiro atoms. The first-order chi connectivity index (χ1) is 15.6. The maximum Gasteiger partial charge on any atom is 0.236 e. The normalized spacial score (nSPS) is 18.0. The predicted molar refractivity (Wildman–Crippen MR) is 131 cm³/mol. The molecule has 0 saturated carbocycles. The lowest BCUT2D eigenvalue weighted by atomic mass is 10.0. The number of amides is 2. The van der Waals surface area contributed by atoms with Crippen molar-refractivity contribution in [2.75, 3.05) is 51.6 Å². The van der Waals surface area contributed by atoms with Crippen molar-refractivity contribution < 1.29 is 9.59 Å². The minimum Gasteiger partial charge on any atom is -0.342 e. The van der Waals surface area contributed by atoms with Crippen LogP contribution in [0, 0.1) is 0 Å². The third-order valence-electron chi connectivity index (χ3n) is 6.19. The molecule has 0 aliphatic carbocycles. The van der Waals surface area contributed by atoms with Crippen LogP contribution in [0.3, 0.4) is 0 Å². The molecule has 2 aliphatic rings. The number of hydrogen-bond acceptors (Lipinski definition) is 4. The minimum absolute atomic E-state index is 0.0804. The first-order valence-electron chi connectivity index (χ1n) is 11.3. The molecule has 2 aliphatic heterocycles. The third-order valence-corrected chi connectivity index (χ3v) is 7.73. The second kappa shape index (κ2) is 11.2. The molecule has 1 atom stereocenters. The van der Waals surface area contributed by atoms with E-state index in [0.717, 1.165) is 44.6 Å². The van der Waals surface area contributed by atoms with Crippen molar-refractivity contribution in [2.24, 2.45) is 0 Å². The molecule has 7 heteroatoms. The van der Waals surface area contributed by atoms with Gasteiger partial charge in [-0.2, -0.15) is 0 Å². The standard InChI is InChI=1S/C25H30ClN3O2S/c26-22-10-8-21(9-11-22)25(20-6-2-1-3-7-20)32-19-24(31)29-16-14-27(15-17-29)18-23(30)28-12-4-5-13-28/h1-3,6-11,25H,4-5,12-19H2. The van der Waals surface area contributed by atoms with Gasteiger partial charge in [-0.05, 0) is 36.1 Å². The van der Waals surface area contributed by atoms with Crippen LogP contribution < -0.4 is 0 Å². The summed E-state index contributed by atoms with van der Waals surface area (Å²) >= 11 is 7.73. The number of thioether (sulfide) groups is 1. The van der Waals surface area contributed by atoms with Crippen LogP contribution in [0.15, 0.2) is 54.6 Å². The molecule has 0 radical (unpaired) electrons. The molecular formula is C25H30ClN3O2S. The number of benzene rings is 2. The van der Waals surface area contributed by atoms with E-state index in [2.05, 4.69) is 17.0 Å². The van der Waals surface area contributed by atoms with Crippen LogP contribution in [0.1, 0.15) is 29.2 Å². The lowest BCUT2D eigenvalue weighted by Gasteiger charge is -2.35. The zero-order chi connectivity index (χ0) is 22.3. The van der Waals surface area contributed by atoms with E-state index in [4.69, 9.17) is 11.6 Å². The van der Waals surface area contributed by atoms with Crippen LogP contribution in [0.2, 0.25) is 5.02 Å². The molecule has 2 fully saturated rings. The topological polar surface area (TPSA) is 43.9 Å². The van der Waals surface area contributed by atoms with Crippen molar-refractivity contribution in [3.8, 4) is 0 Å². The number of likely N-dealkylation sites (tertiary alicyclic amines) is 1. The first-order valence-corrected chi connectivity index (χ1v) is 12.7. The summed E-state index contributed by atoms with van der Waals surface area (Å²) in [4.78, 5) is 31.4. The second-order valence-corrected chi connectivity index (χ2v) is 9.93. The summed E-state index contributed by atoms with van der Waals surface area (Å²) in [6, 6.07) is 18.1. The van der Waals surface area contributed by atoms with Gasteiger partial charge in [0, 0.05) is 44.3 Å². The molecule has 0 aromatic heterocycles. The fourth-order valence-electron chi connectivity index (χ4n) is 4.31. The smallest absolute Gasteiger partial charge is 0.236 e. The molecule has 2 saturated heterocycles. The van der Waals surface area contributed by atoms with Crippen molar-refractivity contribution in [1.82, 2.24) is 14.7 Å². The van der Waals surface area contributed by atoms with Crippen LogP contribution in [-0.2, 0) is 9.59 Å². The average molecular weight is 472 g/mol. The molecule has 170 valence electrons. The molecule has 5 nitrogen and oxygen atoms in total. The van der Waals surface area contributed by atoms with Gasteiger partial charge in [-0.25, -0.2) is 0 Å². The Hall–Kier alpha value is -2.02. The van der Waals surface area contributed by atoms with Crippen LogP contribution in [0.25, 0.3) is 0 Å². The van der Waals surface area contributed by atoms with E-state index in [-0.39, 0.29) is 17.1 Å². The second-order valence-electron chi connectivity index (χ2n) is 8.40. The van der Waals surface area contributed by atoms with Crippen molar-refractivity contribution >= 4 is 35.2 Å².